The minimum atomic E-state index is -0.0449. The maximum Gasteiger partial charge on any atom is 0.166 e. The van der Waals surface area contributed by atoms with Crippen molar-refractivity contribution in [2.45, 2.75) is 44.4 Å². The number of ether oxygens (including phenoxy) is 1. The summed E-state index contributed by atoms with van der Waals surface area (Å²) in [4.78, 5) is 17.5. The van der Waals surface area contributed by atoms with Gasteiger partial charge in [0.05, 0.1) is 5.56 Å². The molecule has 1 N–H and O–H groups in total. The van der Waals surface area contributed by atoms with Crippen LogP contribution in [0.3, 0.4) is 0 Å². The van der Waals surface area contributed by atoms with E-state index in [9.17, 15) is 9.90 Å². The lowest BCUT2D eigenvalue weighted by Crippen LogP contribution is -2.05. The van der Waals surface area contributed by atoms with Crippen LogP contribution in [0.4, 0.5) is 0 Å². The molecule has 1 aromatic heterocycles. The van der Waals surface area contributed by atoms with Crippen LogP contribution in [0.1, 0.15) is 47.3 Å². The van der Waals surface area contributed by atoms with Crippen LogP contribution in [0, 0.1) is 12.8 Å². The minimum absolute atomic E-state index is 0.0145. The second-order valence-electron chi connectivity index (χ2n) is 7.69. The zero-order chi connectivity index (χ0) is 21.5. The lowest BCUT2D eigenvalue weighted by Gasteiger charge is -2.14. The van der Waals surface area contributed by atoms with Crippen molar-refractivity contribution in [3.05, 3.63) is 83.2 Å². The van der Waals surface area contributed by atoms with Gasteiger partial charge in [-0.15, -0.1) is 11.8 Å². The van der Waals surface area contributed by atoms with Gasteiger partial charge in [0.15, 0.2) is 5.78 Å². The highest BCUT2D eigenvalue weighted by atomic mass is 32.2. The number of aromatic hydroxyl groups is 1. The largest absolute Gasteiger partial charge is 0.507 e. The summed E-state index contributed by atoms with van der Waals surface area (Å²) in [5.41, 5.74) is 3.23. The SMILES string of the molecule is Cc1c(OCc2cccc(CSc3ccncc3)c2)ccc(C(=O)CC(C)C)c1O. The highest BCUT2D eigenvalue weighted by Crippen LogP contribution is 2.32. The first-order valence-corrected chi connectivity index (χ1v) is 11.0. The topological polar surface area (TPSA) is 59.4 Å². The summed E-state index contributed by atoms with van der Waals surface area (Å²) in [6.07, 6.45) is 4.01. The molecule has 0 saturated carbocycles. The first kappa shape index (κ1) is 21.9. The molecule has 0 atom stereocenters. The molecule has 0 radical (unpaired) electrons. The molecule has 0 aliphatic carbocycles. The summed E-state index contributed by atoms with van der Waals surface area (Å²) in [5, 5.41) is 10.5. The molecule has 30 heavy (non-hydrogen) atoms. The highest BCUT2D eigenvalue weighted by Gasteiger charge is 2.17. The zero-order valence-corrected chi connectivity index (χ0v) is 18.4. The normalized spacial score (nSPS) is 10.9. The van der Waals surface area contributed by atoms with Gasteiger partial charge in [-0.1, -0.05) is 38.1 Å². The number of aromatic nitrogens is 1. The smallest absolute Gasteiger partial charge is 0.166 e. The van der Waals surface area contributed by atoms with Gasteiger partial charge in [-0.3, -0.25) is 9.78 Å². The Morgan fingerprint density at radius 3 is 2.57 bits per heavy atom. The lowest BCUT2D eigenvalue weighted by molar-refractivity contribution is 0.0965. The second kappa shape index (κ2) is 10.3. The van der Waals surface area contributed by atoms with E-state index in [4.69, 9.17) is 4.74 Å². The lowest BCUT2D eigenvalue weighted by atomic mass is 9.98. The molecule has 0 unspecified atom stereocenters. The summed E-state index contributed by atoms with van der Waals surface area (Å²) in [6.45, 7) is 6.15. The number of hydrogen-bond donors (Lipinski definition) is 1. The molecular formula is C25H27NO3S. The van der Waals surface area contributed by atoms with Crippen LogP contribution in [0.25, 0.3) is 0 Å². The average Bonchev–Trinajstić information content (AvgIpc) is 2.74. The van der Waals surface area contributed by atoms with E-state index in [0.717, 1.165) is 11.3 Å². The third kappa shape index (κ3) is 5.86. The molecule has 156 valence electrons. The summed E-state index contributed by atoms with van der Waals surface area (Å²) in [5.74, 6) is 1.67. The third-order valence-electron chi connectivity index (χ3n) is 4.72. The summed E-state index contributed by atoms with van der Waals surface area (Å²) < 4.78 is 5.95. The van der Waals surface area contributed by atoms with E-state index in [0.29, 0.717) is 29.9 Å². The van der Waals surface area contributed by atoms with Crippen molar-refractivity contribution in [3.63, 3.8) is 0 Å². The third-order valence-corrected chi connectivity index (χ3v) is 5.80. The Bertz CT molecular complexity index is 1000. The van der Waals surface area contributed by atoms with Gasteiger partial charge in [0, 0.05) is 35.0 Å². The molecule has 0 aliphatic heterocycles. The molecule has 0 amide bonds. The van der Waals surface area contributed by atoms with Gasteiger partial charge >= 0.3 is 0 Å². The fourth-order valence-electron chi connectivity index (χ4n) is 3.12. The molecule has 0 aliphatic rings. The number of nitrogens with zero attached hydrogens (tertiary/aromatic N) is 1. The molecule has 4 nitrogen and oxygen atoms in total. The number of phenols is 1. The van der Waals surface area contributed by atoms with Gasteiger partial charge in [0.1, 0.15) is 18.1 Å². The Morgan fingerprint density at radius 1 is 1.10 bits per heavy atom. The number of hydrogen-bond acceptors (Lipinski definition) is 5. The van der Waals surface area contributed by atoms with Gasteiger partial charge < -0.3 is 9.84 Å². The molecule has 0 bridgehead atoms. The standard InChI is InChI=1S/C25H27NO3S/c1-17(2)13-23(27)22-7-8-24(18(3)25(22)28)29-15-19-5-4-6-20(14-19)16-30-21-9-11-26-12-10-21/h4-12,14,17,28H,13,15-16H2,1-3H3. The van der Waals surface area contributed by atoms with Crippen molar-refractivity contribution in [2.75, 3.05) is 0 Å². The predicted octanol–water partition coefficient (Wildman–Crippen LogP) is 6.20. The summed E-state index contributed by atoms with van der Waals surface area (Å²) in [6, 6.07) is 15.7. The van der Waals surface area contributed by atoms with E-state index in [1.807, 2.05) is 38.1 Å². The summed E-state index contributed by atoms with van der Waals surface area (Å²) >= 11 is 1.76. The molecule has 0 saturated heterocycles. The Kier molecular flexibility index (Phi) is 7.52. The molecular weight excluding hydrogens is 394 g/mol. The van der Waals surface area contributed by atoms with Crippen molar-refractivity contribution in [3.8, 4) is 11.5 Å². The van der Waals surface area contributed by atoms with Crippen LogP contribution in [0.5, 0.6) is 11.5 Å². The van der Waals surface area contributed by atoms with Crippen LogP contribution in [0.2, 0.25) is 0 Å². The number of ketones is 1. The van der Waals surface area contributed by atoms with Crippen LogP contribution in [-0.4, -0.2) is 15.9 Å². The molecule has 3 aromatic rings. The fourth-order valence-corrected chi connectivity index (χ4v) is 3.94. The average molecular weight is 422 g/mol. The van der Waals surface area contributed by atoms with Crippen molar-refractivity contribution in [2.24, 2.45) is 5.92 Å². The summed E-state index contributed by atoms with van der Waals surface area (Å²) in [7, 11) is 0. The van der Waals surface area contributed by atoms with Crippen LogP contribution in [-0.2, 0) is 12.4 Å². The maximum absolute atomic E-state index is 12.3. The Morgan fingerprint density at radius 2 is 1.83 bits per heavy atom. The number of pyridine rings is 1. The number of phenolic OH excluding ortho intramolecular Hbond substituents is 1. The van der Waals surface area contributed by atoms with Crippen molar-refractivity contribution in [1.29, 1.82) is 0 Å². The van der Waals surface area contributed by atoms with Gasteiger partial charge in [-0.25, -0.2) is 0 Å². The van der Waals surface area contributed by atoms with Crippen molar-refractivity contribution >= 4 is 17.5 Å². The zero-order valence-electron chi connectivity index (χ0n) is 17.6. The van der Waals surface area contributed by atoms with E-state index >= 15 is 0 Å². The molecule has 0 fully saturated rings. The molecule has 5 heteroatoms. The second-order valence-corrected chi connectivity index (χ2v) is 8.73. The Balaban J connectivity index is 1.64. The van der Waals surface area contributed by atoms with Crippen LogP contribution < -0.4 is 4.74 Å². The van der Waals surface area contributed by atoms with E-state index in [2.05, 4.69) is 17.1 Å². The van der Waals surface area contributed by atoms with E-state index in [1.165, 1.54) is 10.5 Å². The number of benzene rings is 2. The minimum Gasteiger partial charge on any atom is -0.507 e. The van der Waals surface area contributed by atoms with E-state index in [-0.39, 0.29) is 17.5 Å². The van der Waals surface area contributed by atoms with Gasteiger partial charge in [0.25, 0.3) is 0 Å². The Hall–Kier alpha value is -2.79. The van der Waals surface area contributed by atoms with Crippen LogP contribution >= 0.6 is 11.8 Å². The molecule has 1 heterocycles. The molecule has 2 aromatic carbocycles. The van der Waals surface area contributed by atoms with Gasteiger partial charge in [-0.2, -0.15) is 0 Å². The maximum atomic E-state index is 12.3. The van der Waals surface area contributed by atoms with Crippen molar-refractivity contribution in [1.82, 2.24) is 4.98 Å². The monoisotopic (exact) mass is 421 g/mol. The van der Waals surface area contributed by atoms with Gasteiger partial charge in [0.2, 0.25) is 0 Å². The predicted molar refractivity (Wildman–Crippen MR) is 121 cm³/mol. The quantitative estimate of drug-likeness (QED) is 0.329. The fraction of sp³-hybridized carbons (Fsp3) is 0.280. The number of carbonyl (C=O) groups excluding carboxylic acids is 1. The van der Waals surface area contributed by atoms with E-state index < -0.39 is 0 Å². The Labute approximate surface area is 182 Å². The highest BCUT2D eigenvalue weighted by molar-refractivity contribution is 7.98. The number of carbonyl (C=O) groups is 1. The van der Waals surface area contributed by atoms with Crippen molar-refractivity contribution < 1.29 is 14.6 Å². The number of Topliss-reactive ketones (excluding diaryl/α,β-unsaturated/α-hetero) is 1. The molecule has 0 spiro atoms. The first-order chi connectivity index (χ1) is 14.4. The van der Waals surface area contributed by atoms with E-state index in [1.54, 1.807) is 43.2 Å². The van der Waals surface area contributed by atoms with Gasteiger partial charge in [-0.05, 0) is 48.2 Å². The number of thioether (sulfide) groups is 1. The molecule has 3 rings (SSSR count). The number of rotatable bonds is 9. The first-order valence-electron chi connectivity index (χ1n) is 10.0. The van der Waals surface area contributed by atoms with Crippen LogP contribution in [0.15, 0.2) is 65.8 Å².